The summed E-state index contributed by atoms with van der Waals surface area (Å²) in [4.78, 5) is 14.8. The normalized spacial score (nSPS) is 12.4. The lowest BCUT2D eigenvalue weighted by atomic mass is 10.2. The maximum atomic E-state index is 12.8. The molecule has 0 saturated heterocycles. The zero-order valence-electron chi connectivity index (χ0n) is 15.9. The number of furan rings is 1. The van der Waals surface area contributed by atoms with Gasteiger partial charge < -0.3 is 9.73 Å². The minimum atomic E-state index is -0.272. The molecule has 0 fully saturated rings. The van der Waals surface area contributed by atoms with E-state index in [2.05, 4.69) is 10.4 Å². The van der Waals surface area contributed by atoms with Gasteiger partial charge in [0.05, 0.1) is 30.1 Å². The summed E-state index contributed by atoms with van der Waals surface area (Å²) in [6.45, 7) is 2.53. The molecule has 0 spiro atoms. The van der Waals surface area contributed by atoms with Crippen LogP contribution in [-0.2, 0) is 6.54 Å². The summed E-state index contributed by atoms with van der Waals surface area (Å²) in [5.41, 5.74) is 1.81. The van der Waals surface area contributed by atoms with Gasteiger partial charge in [-0.3, -0.25) is 9.69 Å². The third kappa shape index (κ3) is 4.41. The van der Waals surface area contributed by atoms with Gasteiger partial charge >= 0.3 is 0 Å². The molecule has 0 saturated carbocycles. The summed E-state index contributed by atoms with van der Waals surface area (Å²) in [5.74, 6) is 0.508. The third-order valence-electron chi connectivity index (χ3n) is 4.52. The Bertz CT molecular complexity index is 951. The zero-order valence-corrected chi connectivity index (χ0v) is 17.5. The SMILES string of the molecule is Cc1nn(Cc2ccccc2Cl)c(Cl)c1C(=O)NCC(c1ccco1)N(C)C. The molecule has 1 amide bonds. The lowest BCUT2D eigenvalue weighted by molar-refractivity contribution is 0.0938. The second-order valence-corrected chi connectivity index (χ2v) is 7.47. The molecular weight excluding hydrogens is 399 g/mol. The maximum Gasteiger partial charge on any atom is 0.256 e. The lowest BCUT2D eigenvalue weighted by Crippen LogP contribution is -2.34. The Kier molecular flexibility index (Phi) is 6.44. The second kappa shape index (κ2) is 8.82. The van der Waals surface area contributed by atoms with E-state index >= 15 is 0 Å². The molecule has 2 aromatic heterocycles. The van der Waals surface area contributed by atoms with Crippen molar-refractivity contribution >= 4 is 29.1 Å². The third-order valence-corrected chi connectivity index (χ3v) is 5.27. The Hall–Kier alpha value is -2.28. The Labute approximate surface area is 174 Å². The first-order valence-electron chi connectivity index (χ1n) is 8.82. The fourth-order valence-electron chi connectivity index (χ4n) is 3.00. The van der Waals surface area contributed by atoms with Gasteiger partial charge in [0, 0.05) is 11.6 Å². The Balaban J connectivity index is 1.75. The molecule has 0 bridgehead atoms. The highest BCUT2D eigenvalue weighted by Gasteiger charge is 2.23. The lowest BCUT2D eigenvalue weighted by Gasteiger charge is -2.22. The molecule has 1 atom stereocenters. The highest BCUT2D eigenvalue weighted by molar-refractivity contribution is 6.33. The molecule has 0 aliphatic heterocycles. The molecular formula is C20H22Cl2N4O2. The van der Waals surface area contributed by atoms with Crippen LogP contribution in [0.1, 0.15) is 33.4 Å². The molecule has 0 aliphatic rings. The number of likely N-dealkylation sites (N-methyl/N-ethyl adjacent to an activating group) is 1. The molecule has 1 N–H and O–H groups in total. The van der Waals surface area contributed by atoms with E-state index in [1.54, 1.807) is 17.9 Å². The van der Waals surface area contributed by atoms with Crippen molar-refractivity contribution in [3.8, 4) is 0 Å². The monoisotopic (exact) mass is 420 g/mol. The largest absolute Gasteiger partial charge is 0.468 e. The van der Waals surface area contributed by atoms with E-state index < -0.39 is 0 Å². The van der Waals surface area contributed by atoms with E-state index in [9.17, 15) is 4.79 Å². The van der Waals surface area contributed by atoms with Crippen LogP contribution in [0.15, 0.2) is 47.1 Å². The number of aryl methyl sites for hydroxylation is 1. The Morgan fingerprint density at radius 1 is 1.25 bits per heavy atom. The van der Waals surface area contributed by atoms with Crippen molar-refractivity contribution in [1.29, 1.82) is 0 Å². The summed E-state index contributed by atoms with van der Waals surface area (Å²) in [6, 6.07) is 11.1. The maximum absolute atomic E-state index is 12.8. The summed E-state index contributed by atoms with van der Waals surface area (Å²) in [7, 11) is 3.86. The van der Waals surface area contributed by atoms with Gasteiger partial charge in [-0.2, -0.15) is 5.10 Å². The Morgan fingerprint density at radius 2 is 2.00 bits per heavy atom. The van der Waals surface area contributed by atoms with Crippen molar-refractivity contribution < 1.29 is 9.21 Å². The van der Waals surface area contributed by atoms with E-state index in [-0.39, 0.29) is 17.1 Å². The fraction of sp³-hybridized carbons (Fsp3) is 0.300. The molecule has 3 rings (SSSR count). The molecule has 2 heterocycles. The van der Waals surface area contributed by atoms with Gasteiger partial charge in [-0.05, 0) is 44.8 Å². The summed E-state index contributed by atoms with van der Waals surface area (Å²) >= 11 is 12.7. The van der Waals surface area contributed by atoms with Gasteiger partial charge in [-0.25, -0.2) is 4.68 Å². The van der Waals surface area contributed by atoms with Crippen LogP contribution >= 0.6 is 23.2 Å². The van der Waals surface area contributed by atoms with E-state index in [0.717, 1.165) is 11.3 Å². The second-order valence-electron chi connectivity index (χ2n) is 6.71. The molecule has 148 valence electrons. The number of amides is 1. The number of nitrogens with one attached hydrogen (secondary N) is 1. The smallest absolute Gasteiger partial charge is 0.256 e. The highest BCUT2D eigenvalue weighted by Crippen LogP contribution is 2.24. The molecule has 28 heavy (non-hydrogen) atoms. The van der Waals surface area contributed by atoms with Gasteiger partial charge in [-0.1, -0.05) is 41.4 Å². The first kappa shape index (κ1) is 20.5. The van der Waals surface area contributed by atoms with Crippen LogP contribution in [0, 0.1) is 6.92 Å². The summed E-state index contributed by atoms with van der Waals surface area (Å²) < 4.78 is 7.06. The first-order chi connectivity index (χ1) is 13.4. The fourth-order valence-corrected chi connectivity index (χ4v) is 3.52. The van der Waals surface area contributed by atoms with Crippen LogP contribution in [0.5, 0.6) is 0 Å². The topological polar surface area (TPSA) is 63.3 Å². The molecule has 6 nitrogen and oxygen atoms in total. The average Bonchev–Trinajstić information content (AvgIpc) is 3.25. The molecule has 3 aromatic rings. The van der Waals surface area contributed by atoms with Crippen molar-refractivity contribution in [3.63, 3.8) is 0 Å². The van der Waals surface area contributed by atoms with Crippen LogP contribution in [0.4, 0.5) is 0 Å². The van der Waals surface area contributed by atoms with Crippen molar-refractivity contribution in [1.82, 2.24) is 20.0 Å². The van der Waals surface area contributed by atoms with Gasteiger partial charge in [0.25, 0.3) is 5.91 Å². The van der Waals surface area contributed by atoms with Gasteiger partial charge in [-0.15, -0.1) is 0 Å². The average molecular weight is 421 g/mol. The van der Waals surface area contributed by atoms with Gasteiger partial charge in [0.1, 0.15) is 10.9 Å². The van der Waals surface area contributed by atoms with Crippen LogP contribution in [0.25, 0.3) is 0 Å². The number of carbonyl (C=O) groups excluding carboxylic acids is 1. The van der Waals surface area contributed by atoms with Gasteiger partial charge in [0.15, 0.2) is 0 Å². The minimum Gasteiger partial charge on any atom is -0.468 e. The number of aromatic nitrogens is 2. The van der Waals surface area contributed by atoms with E-state index in [1.165, 1.54) is 0 Å². The van der Waals surface area contributed by atoms with Crippen molar-refractivity contribution in [2.45, 2.75) is 19.5 Å². The molecule has 1 unspecified atom stereocenters. The van der Waals surface area contributed by atoms with Crippen LogP contribution < -0.4 is 5.32 Å². The number of nitrogens with zero attached hydrogens (tertiary/aromatic N) is 3. The van der Waals surface area contributed by atoms with Crippen molar-refractivity contribution in [3.05, 3.63) is 75.4 Å². The molecule has 8 heteroatoms. The predicted octanol–water partition coefficient (Wildman–Crippen LogP) is 4.17. The molecule has 0 aliphatic carbocycles. The number of hydrogen-bond donors (Lipinski definition) is 1. The highest BCUT2D eigenvalue weighted by atomic mass is 35.5. The predicted molar refractivity (Wildman–Crippen MR) is 110 cm³/mol. The number of halogens is 2. The molecule has 1 aromatic carbocycles. The van der Waals surface area contributed by atoms with E-state index in [4.69, 9.17) is 27.6 Å². The van der Waals surface area contributed by atoms with Gasteiger partial charge in [0.2, 0.25) is 0 Å². The standard InChI is InChI=1S/C20H22Cl2N4O2/c1-13-18(19(22)26(24-13)12-14-7-4-5-8-15(14)21)20(27)23-11-16(25(2)3)17-9-6-10-28-17/h4-10,16H,11-12H2,1-3H3,(H,23,27). The van der Waals surface area contributed by atoms with Crippen LogP contribution in [-0.4, -0.2) is 41.2 Å². The minimum absolute atomic E-state index is 0.0869. The van der Waals surface area contributed by atoms with Crippen LogP contribution in [0.3, 0.4) is 0 Å². The van der Waals surface area contributed by atoms with E-state index in [1.807, 2.05) is 55.4 Å². The van der Waals surface area contributed by atoms with Crippen molar-refractivity contribution in [2.75, 3.05) is 20.6 Å². The van der Waals surface area contributed by atoms with Crippen LogP contribution in [0.2, 0.25) is 10.2 Å². The summed E-state index contributed by atoms with van der Waals surface area (Å²) in [6.07, 6.45) is 1.62. The Morgan fingerprint density at radius 3 is 2.64 bits per heavy atom. The molecule has 0 radical (unpaired) electrons. The first-order valence-corrected chi connectivity index (χ1v) is 9.58. The summed E-state index contributed by atoms with van der Waals surface area (Å²) in [5, 5.41) is 8.27. The quantitative estimate of drug-likeness (QED) is 0.622. The number of benzene rings is 1. The van der Waals surface area contributed by atoms with E-state index in [0.29, 0.717) is 29.4 Å². The zero-order chi connectivity index (χ0) is 20.3. The number of hydrogen-bond acceptors (Lipinski definition) is 4. The number of rotatable bonds is 7. The number of carbonyl (C=O) groups is 1. The van der Waals surface area contributed by atoms with Crippen molar-refractivity contribution in [2.24, 2.45) is 0 Å².